The van der Waals surface area contributed by atoms with E-state index in [4.69, 9.17) is 4.74 Å². The van der Waals surface area contributed by atoms with E-state index in [1.165, 1.54) is 4.31 Å². The van der Waals surface area contributed by atoms with Crippen LogP contribution in [0.15, 0.2) is 35.2 Å². The van der Waals surface area contributed by atoms with E-state index in [-0.39, 0.29) is 5.45 Å². The van der Waals surface area contributed by atoms with Crippen molar-refractivity contribution in [2.24, 2.45) is 0 Å². The van der Waals surface area contributed by atoms with Crippen molar-refractivity contribution in [3.63, 3.8) is 0 Å². The van der Waals surface area contributed by atoms with Crippen molar-refractivity contribution in [1.29, 1.82) is 0 Å². The molecule has 0 saturated heterocycles. The molecular weight excluding hydrogens is 294 g/mol. The van der Waals surface area contributed by atoms with Crippen molar-refractivity contribution >= 4 is 26.0 Å². The number of hydrogen-bond acceptors (Lipinski definition) is 3. The predicted octanol–water partition coefficient (Wildman–Crippen LogP) is 1.68. The van der Waals surface area contributed by atoms with Crippen LogP contribution in [0.1, 0.15) is 0 Å². The number of methoxy groups -OCH3 is 1. The second-order valence-electron chi connectivity index (χ2n) is 3.11. The highest BCUT2D eigenvalue weighted by molar-refractivity contribution is 9.09. The second-order valence-corrected chi connectivity index (χ2v) is 5.55. The first kappa shape index (κ1) is 13.6. The quantitative estimate of drug-likeness (QED) is 0.593. The number of hydrogen-bond donors (Lipinski definition) is 0. The zero-order chi connectivity index (χ0) is 12.0. The Morgan fingerprint density at radius 1 is 1.31 bits per heavy atom. The van der Waals surface area contributed by atoms with Crippen molar-refractivity contribution in [2.75, 3.05) is 25.7 Å². The van der Waals surface area contributed by atoms with Gasteiger partial charge in [0, 0.05) is 13.7 Å². The highest BCUT2D eigenvalue weighted by atomic mass is 79.9. The molecule has 0 aliphatic carbocycles. The average molecular weight is 308 g/mol. The van der Waals surface area contributed by atoms with Crippen molar-refractivity contribution < 1.29 is 13.2 Å². The molecule has 1 aromatic carbocycles. The average Bonchev–Trinajstić information content (AvgIpc) is 2.31. The molecule has 0 aromatic heterocycles. The Balaban J connectivity index is 2.91. The number of ether oxygens (including phenoxy) is 1. The summed E-state index contributed by atoms with van der Waals surface area (Å²) in [5.74, 6) is 0. The number of nitrogens with zero attached hydrogens (tertiary/aromatic N) is 1. The second kappa shape index (κ2) is 6.34. The molecule has 0 fully saturated rings. The van der Waals surface area contributed by atoms with E-state index < -0.39 is 10.0 Å². The lowest BCUT2D eigenvalue weighted by atomic mass is 10.4. The van der Waals surface area contributed by atoms with E-state index in [1.807, 2.05) is 0 Å². The van der Waals surface area contributed by atoms with Crippen LogP contribution in [0.5, 0.6) is 0 Å². The van der Waals surface area contributed by atoms with Crippen molar-refractivity contribution in [3.8, 4) is 0 Å². The van der Waals surface area contributed by atoms with Gasteiger partial charge in [0.1, 0.15) is 0 Å². The van der Waals surface area contributed by atoms with Crippen LogP contribution < -0.4 is 0 Å². The van der Waals surface area contributed by atoms with Gasteiger partial charge in [-0.1, -0.05) is 34.1 Å². The molecule has 0 aliphatic rings. The fourth-order valence-electron chi connectivity index (χ4n) is 1.18. The molecule has 1 aromatic rings. The third kappa shape index (κ3) is 3.28. The molecule has 6 heteroatoms. The molecule has 4 nitrogen and oxygen atoms in total. The van der Waals surface area contributed by atoms with Gasteiger partial charge in [-0.05, 0) is 12.1 Å². The summed E-state index contributed by atoms with van der Waals surface area (Å²) in [6.07, 6.45) is 0. The van der Waals surface area contributed by atoms with Gasteiger partial charge in [-0.25, -0.2) is 8.42 Å². The van der Waals surface area contributed by atoms with E-state index in [0.717, 1.165) is 0 Å². The summed E-state index contributed by atoms with van der Waals surface area (Å²) in [5.41, 5.74) is 0.258. The first-order valence-electron chi connectivity index (χ1n) is 4.73. The fourth-order valence-corrected chi connectivity index (χ4v) is 3.48. The molecule has 16 heavy (non-hydrogen) atoms. The van der Waals surface area contributed by atoms with Gasteiger partial charge in [0.2, 0.25) is 10.0 Å². The number of sulfonamides is 1. The minimum Gasteiger partial charge on any atom is -0.383 e. The van der Waals surface area contributed by atoms with Crippen LogP contribution in [0.3, 0.4) is 0 Å². The van der Waals surface area contributed by atoms with E-state index in [2.05, 4.69) is 15.9 Å². The van der Waals surface area contributed by atoms with Crippen molar-refractivity contribution in [1.82, 2.24) is 4.31 Å². The minimum absolute atomic E-state index is 0.258. The normalized spacial score (nSPS) is 11.9. The lowest BCUT2D eigenvalue weighted by Crippen LogP contribution is -2.32. The summed E-state index contributed by atoms with van der Waals surface area (Å²) in [6, 6.07) is 8.35. The van der Waals surface area contributed by atoms with Gasteiger partial charge in [0.05, 0.1) is 17.0 Å². The topological polar surface area (TPSA) is 46.6 Å². The Morgan fingerprint density at radius 3 is 2.44 bits per heavy atom. The lowest BCUT2D eigenvalue weighted by molar-refractivity contribution is 0.184. The summed E-state index contributed by atoms with van der Waals surface area (Å²) in [7, 11) is -1.87. The Hall–Kier alpha value is -0.430. The zero-order valence-corrected chi connectivity index (χ0v) is 11.4. The molecule has 0 atom stereocenters. The van der Waals surface area contributed by atoms with Crippen LogP contribution in [0, 0.1) is 0 Å². The van der Waals surface area contributed by atoms with Gasteiger partial charge in [-0.3, -0.25) is 0 Å². The first-order valence-corrected chi connectivity index (χ1v) is 7.29. The zero-order valence-electron chi connectivity index (χ0n) is 8.97. The van der Waals surface area contributed by atoms with Crippen LogP contribution in [-0.2, 0) is 14.8 Å². The lowest BCUT2D eigenvalue weighted by Gasteiger charge is -2.18. The maximum Gasteiger partial charge on any atom is 0.243 e. The molecule has 1 rings (SSSR count). The van der Waals surface area contributed by atoms with Gasteiger partial charge < -0.3 is 4.74 Å². The Kier molecular flexibility index (Phi) is 5.40. The van der Waals surface area contributed by atoms with Crippen molar-refractivity contribution in [3.05, 3.63) is 30.3 Å². The van der Waals surface area contributed by atoms with E-state index >= 15 is 0 Å². The summed E-state index contributed by atoms with van der Waals surface area (Å²) in [5, 5.41) is 0. The standard InChI is InChI=1S/C10H14BrNO3S/c1-15-8-7-12(9-11)16(13,14)10-5-3-2-4-6-10/h2-6H,7-9H2,1H3. The van der Waals surface area contributed by atoms with E-state index in [0.29, 0.717) is 18.0 Å². The van der Waals surface area contributed by atoms with E-state index in [9.17, 15) is 8.42 Å². The molecule has 0 spiro atoms. The molecule has 0 bridgehead atoms. The number of benzene rings is 1. The minimum atomic E-state index is -3.42. The van der Waals surface area contributed by atoms with Gasteiger partial charge in [0.15, 0.2) is 0 Å². The fraction of sp³-hybridized carbons (Fsp3) is 0.400. The molecule has 90 valence electrons. The largest absolute Gasteiger partial charge is 0.383 e. The number of alkyl halides is 1. The van der Waals surface area contributed by atoms with Gasteiger partial charge in [-0.2, -0.15) is 4.31 Å². The van der Waals surface area contributed by atoms with Crippen LogP contribution >= 0.6 is 15.9 Å². The third-order valence-corrected chi connectivity index (χ3v) is 4.86. The third-order valence-electron chi connectivity index (χ3n) is 2.06. The van der Waals surface area contributed by atoms with Crippen LogP contribution in [0.4, 0.5) is 0 Å². The molecular formula is C10H14BrNO3S. The smallest absolute Gasteiger partial charge is 0.243 e. The maximum atomic E-state index is 12.1. The Labute approximate surface area is 104 Å². The first-order chi connectivity index (χ1) is 7.62. The number of rotatable bonds is 6. The SMILES string of the molecule is COCCN(CBr)S(=O)(=O)c1ccccc1. The monoisotopic (exact) mass is 307 g/mol. The summed E-state index contributed by atoms with van der Waals surface area (Å²) >= 11 is 3.17. The summed E-state index contributed by atoms with van der Waals surface area (Å²) in [6.45, 7) is 0.705. The molecule has 0 heterocycles. The molecule has 0 amide bonds. The van der Waals surface area contributed by atoms with Crippen molar-refractivity contribution in [2.45, 2.75) is 4.90 Å². The molecule has 0 N–H and O–H groups in total. The van der Waals surface area contributed by atoms with Crippen LogP contribution in [0.2, 0.25) is 0 Å². The highest BCUT2D eigenvalue weighted by Crippen LogP contribution is 2.15. The highest BCUT2D eigenvalue weighted by Gasteiger charge is 2.22. The Bertz CT molecular complexity index is 407. The maximum absolute atomic E-state index is 12.1. The Morgan fingerprint density at radius 2 is 1.94 bits per heavy atom. The van der Waals surface area contributed by atoms with Crippen LogP contribution in [0.25, 0.3) is 0 Å². The van der Waals surface area contributed by atoms with Crippen LogP contribution in [-0.4, -0.2) is 38.4 Å². The molecule has 0 unspecified atom stereocenters. The van der Waals surface area contributed by atoms with Gasteiger partial charge in [0.25, 0.3) is 0 Å². The molecule has 0 radical (unpaired) electrons. The summed E-state index contributed by atoms with van der Waals surface area (Å²) < 4.78 is 30.4. The molecule has 0 aliphatic heterocycles. The summed E-state index contributed by atoms with van der Waals surface area (Å²) in [4.78, 5) is 0.297. The van der Waals surface area contributed by atoms with Gasteiger partial charge in [-0.15, -0.1) is 0 Å². The van der Waals surface area contributed by atoms with Gasteiger partial charge >= 0.3 is 0 Å². The molecule has 0 saturated carbocycles. The predicted molar refractivity (Wildman–Crippen MR) is 66.0 cm³/mol. The van der Waals surface area contributed by atoms with E-state index in [1.54, 1.807) is 37.4 Å². The number of halogens is 1.